The molecule has 0 aromatic heterocycles. The fourth-order valence-corrected chi connectivity index (χ4v) is 3.47. The Bertz CT molecular complexity index is 342. The first-order chi connectivity index (χ1) is 10.7. The van der Waals surface area contributed by atoms with Crippen molar-refractivity contribution in [1.82, 2.24) is 15.1 Å². The Labute approximate surface area is 136 Å². The summed E-state index contributed by atoms with van der Waals surface area (Å²) in [5, 5.41) is 3.44. The van der Waals surface area contributed by atoms with Crippen LogP contribution in [0.5, 0.6) is 0 Å². The minimum atomic E-state index is 0.652. The molecule has 2 fully saturated rings. The molecule has 0 aliphatic carbocycles. The number of hydrogen-bond acceptors (Lipinski definition) is 3. The third kappa shape index (κ3) is 5.43. The van der Waals surface area contributed by atoms with Crippen LogP contribution in [0.25, 0.3) is 0 Å². The number of likely N-dealkylation sites (tertiary alicyclic amines) is 1. The van der Waals surface area contributed by atoms with E-state index in [1.54, 1.807) is 0 Å². The van der Waals surface area contributed by atoms with E-state index in [0.717, 1.165) is 38.8 Å². The topological polar surface area (TPSA) is 40.1 Å². The van der Waals surface area contributed by atoms with Crippen LogP contribution in [-0.4, -0.2) is 75.3 Å². The van der Waals surface area contributed by atoms with Gasteiger partial charge in [-0.1, -0.05) is 6.92 Å². The van der Waals surface area contributed by atoms with Crippen molar-refractivity contribution in [2.24, 2.45) is 16.8 Å². The molecule has 0 saturated carbocycles. The van der Waals surface area contributed by atoms with Crippen LogP contribution in [-0.2, 0) is 4.74 Å². The second-order valence-electron chi connectivity index (χ2n) is 6.71. The number of ether oxygens (including phenoxy) is 1. The SMILES string of the molecule is CCNC(=NCC1CCCN(CC)C1)N(C)CC1CCOC1. The van der Waals surface area contributed by atoms with Crippen molar-refractivity contribution in [1.29, 1.82) is 0 Å². The van der Waals surface area contributed by atoms with Crippen molar-refractivity contribution in [2.45, 2.75) is 33.1 Å². The summed E-state index contributed by atoms with van der Waals surface area (Å²) in [6, 6.07) is 0. The molecule has 128 valence electrons. The molecule has 2 unspecified atom stereocenters. The number of rotatable bonds is 6. The minimum absolute atomic E-state index is 0.652. The van der Waals surface area contributed by atoms with E-state index in [1.165, 1.54) is 38.9 Å². The Kier molecular flexibility index (Phi) is 7.46. The molecule has 0 aromatic rings. The summed E-state index contributed by atoms with van der Waals surface area (Å²) in [7, 11) is 2.15. The predicted octanol–water partition coefficient (Wildman–Crippen LogP) is 1.65. The van der Waals surface area contributed by atoms with Crippen molar-refractivity contribution in [2.75, 3.05) is 59.5 Å². The Morgan fingerprint density at radius 1 is 1.32 bits per heavy atom. The van der Waals surface area contributed by atoms with E-state index in [2.05, 4.69) is 36.0 Å². The van der Waals surface area contributed by atoms with Crippen molar-refractivity contribution in [3.63, 3.8) is 0 Å². The summed E-state index contributed by atoms with van der Waals surface area (Å²) in [4.78, 5) is 9.74. The molecule has 0 bridgehead atoms. The van der Waals surface area contributed by atoms with Gasteiger partial charge in [-0.25, -0.2) is 0 Å². The van der Waals surface area contributed by atoms with Gasteiger partial charge in [-0.2, -0.15) is 0 Å². The van der Waals surface area contributed by atoms with Crippen molar-refractivity contribution in [3.8, 4) is 0 Å². The first-order valence-corrected chi connectivity index (χ1v) is 9.02. The van der Waals surface area contributed by atoms with Gasteiger partial charge < -0.3 is 19.9 Å². The molecular formula is C17H34N4O. The number of guanidine groups is 1. The third-order valence-corrected chi connectivity index (χ3v) is 4.80. The van der Waals surface area contributed by atoms with Gasteiger partial charge in [0.25, 0.3) is 0 Å². The fraction of sp³-hybridized carbons (Fsp3) is 0.941. The maximum atomic E-state index is 5.48. The molecule has 2 aliphatic rings. The first-order valence-electron chi connectivity index (χ1n) is 9.02. The molecule has 0 aromatic carbocycles. The van der Waals surface area contributed by atoms with Gasteiger partial charge in [0.05, 0.1) is 6.61 Å². The molecule has 2 rings (SSSR count). The lowest BCUT2D eigenvalue weighted by Gasteiger charge is -2.31. The Balaban J connectivity index is 1.85. The highest BCUT2D eigenvalue weighted by molar-refractivity contribution is 5.79. The van der Waals surface area contributed by atoms with Crippen LogP contribution in [0.15, 0.2) is 4.99 Å². The summed E-state index contributed by atoms with van der Waals surface area (Å²) in [6.07, 6.45) is 3.82. The third-order valence-electron chi connectivity index (χ3n) is 4.80. The van der Waals surface area contributed by atoms with Crippen LogP contribution >= 0.6 is 0 Å². The van der Waals surface area contributed by atoms with Crippen molar-refractivity contribution < 1.29 is 4.74 Å². The highest BCUT2D eigenvalue weighted by Crippen LogP contribution is 2.17. The molecule has 0 radical (unpaired) electrons. The maximum absolute atomic E-state index is 5.48. The summed E-state index contributed by atoms with van der Waals surface area (Å²) >= 11 is 0. The average molecular weight is 310 g/mol. The second kappa shape index (κ2) is 9.36. The zero-order chi connectivity index (χ0) is 15.8. The quantitative estimate of drug-likeness (QED) is 0.598. The van der Waals surface area contributed by atoms with E-state index < -0.39 is 0 Å². The normalized spacial score (nSPS) is 27.1. The maximum Gasteiger partial charge on any atom is 0.193 e. The van der Waals surface area contributed by atoms with Gasteiger partial charge in [-0.3, -0.25) is 4.99 Å². The fourth-order valence-electron chi connectivity index (χ4n) is 3.47. The molecular weight excluding hydrogens is 276 g/mol. The van der Waals surface area contributed by atoms with E-state index in [-0.39, 0.29) is 0 Å². The predicted molar refractivity (Wildman–Crippen MR) is 92.4 cm³/mol. The molecule has 2 heterocycles. The Morgan fingerprint density at radius 2 is 2.18 bits per heavy atom. The number of nitrogens with zero attached hydrogens (tertiary/aromatic N) is 3. The number of hydrogen-bond donors (Lipinski definition) is 1. The van der Waals surface area contributed by atoms with Gasteiger partial charge in [0.15, 0.2) is 5.96 Å². The van der Waals surface area contributed by atoms with Crippen LogP contribution < -0.4 is 5.32 Å². The average Bonchev–Trinajstić information content (AvgIpc) is 3.04. The Morgan fingerprint density at radius 3 is 2.86 bits per heavy atom. The minimum Gasteiger partial charge on any atom is -0.381 e. The van der Waals surface area contributed by atoms with E-state index >= 15 is 0 Å². The lowest BCUT2D eigenvalue weighted by Crippen LogP contribution is -2.42. The molecule has 1 N–H and O–H groups in total. The highest BCUT2D eigenvalue weighted by Gasteiger charge is 2.21. The lowest BCUT2D eigenvalue weighted by molar-refractivity contribution is 0.180. The number of nitrogens with one attached hydrogen (secondary N) is 1. The van der Waals surface area contributed by atoms with Gasteiger partial charge in [0.1, 0.15) is 0 Å². The highest BCUT2D eigenvalue weighted by atomic mass is 16.5. The van der Waals surface area contributed by atoms with Gasteiger partial charge in [0.2, 0.25) is 0 Å². The van der Waals surface area contributed by atoms with E-state index in [1.807, 2.05) is 0 Å². The van der Waals surface area contributed by atoms with Gasteiger partial charge >= 0.3 is 0 Å². The van der Waals surface area contributed by atoms with Gasteiger partial charge in [-0.15, -0.1) is 0 Å². The molecule has 2 atom stereocenters. The van der Waals surface area contributed by atoms with Crippen LogP contribution in [0.4, 0.5) is 0 Å². The standard InChI is InChI=1S/C17H34N4O/c1-4-18-17(20(3)12-16-8-10-22-14-16)19-11-15-7-6-9-21(5-2)13-15/h15-16H,4-14H2,1-3H3,(H,18,19). The first kappa shape index (κ1) is 17.5. The molecule has 5 nitrogen and oxygen atoms in total. The van der Waals surface area contributed by atoms with E-state index in [4.69, 9.17) is 9.73 Å². The summed E-state index contributed by atoms with van der Waals surface area (Å²) in [5.74, 6) is 2.42. The van der Waals surface area contributed by atoms with Crippen LogP contribution in [0.1, 0.15) is 33.1 Å². The second-order valence-corrected chi connectivity index (χ2v) is 6.71. The monoisotopic (exact) mass is 310 g/mol. The summed E-state index contributed by atoms with van der Waals surface area (Å²) in [5.41, 5.74) is 0. The van der Waals surface area contributed by atoms with Crippen molar-refractivity contribution in [3.05, 3.63) is 0 Å². The molecule has 0 amide bonds. The number of piperidine rings is 1. The summed E-state index contributed by atoms with van der Waals surface area (Å²) in [6.45, 7) is 12.8. The molecule has 5 heteroatoms. The molecule has 2 aliphatic heterocycles. The smallest absolute Gasteiger partial charge is 0.193 e. The van der Waals surface area contributed by atoms with Crippen molar-refractivity contribution >= 4 is 5.96 Å². The zero-order valence-corrected chi connectivity index (χ0v) is 14.7. The zero-order valence-electron chi connectivity index (χ0n) is 14.7. The van der Waals surface area contributed by atoms with Crippen LogP contribution in [0, 0.1) is 11.8 Å². The van der Waals surface area contributed by atoms with Gasteiger partial charge in [-0.05, 0) is 45.2 Å². The van der Waals surface area contributed by atoms with Crippen LogP contribution in [0.3, 0.4) is 0 Å². The molecule has 0 spiro atoms. The Hall–Kier alpha value is -0.810. The summed E-state index contributed by atoms with van der Waals surface area (Å²) < 4.78 is 5.48. The van der Waals surface area contributed by atoms with Crippen LogP contribution in [0.2, 0.25) is 0 Å². The van der Waals surface area contributed by atoms with Gasteiger partial charge in [0, 0.05) is 45.8 Å². The molecule has 2 saturated heterocycles. The largest absolute Gasteiger partial charge is 0.381 e. The lowest BCUT2D eigenvalue weighted by atomic mass is 9.98. The number of aliphatic imine (C=N–C) groups is 1. The van der Waals surface area contributed by atoms with E-state index in [9.17, 15) is 0 Å². The van der Waals surface area contributed by atoms with E-state index in [0.29, 0.717) is 11.8 Å². The molecule has 22 heavy (non-hydrogen) atoms.